The van der Waals surface area contributed by atoms with Crippen molar-refractivity contribution in [2.75, 3.05) is 19.6 Å². The van der Waals surface area contributed by atoms with Gasteiger partial charge in [-0.15, -0.1) is 0 Å². The number of aryl methyl sites for hydroxylation is 1. The minimum Gasteiger partial charge on any atom is -0.469 e. The van der Waals surface area contributed by atoms with Gasteiger partial charge in [0, 0.05) is 19.6 Å². The Labute approximate surface area is 111 Å². The average Bonchev–Trinajstić information content (AvgIpc) is 2.97. The highest BCUT2D eigenvalue weighted by molar-refractivity contribution is 5.96. The molecule has 2 fully saturated rings. The molecular weight excluding hydrogens is 244 g/mol. The van der Waals surface area contributed by atoms with Crippen LogP contribution in [0, 0.1) is 12.3 Å². The molecular formula is C14H18N2O3. The zero-order chi connectivity index (χ0) is 13.5. The van der Waals surface area contributed by atoms with Crippen LogP contribution in [0.5, 0.6) is 0 Å². The molecule has 1 aromatic rings. The van der Waals surface area contributed by atoms with Gasteiger partial charge in [0.15, 0.2) is 0 Å². The third-order valence-corrected chi connectivity index (χ3v) is 4.32. The van der Waals surface area contributed by atoms with E-state index in [0.29, 0.717) is 17.9 Å². The van der Waals surface area contributed by atoms with Gasteiger partial charge in [-0.05, 0) is 32.3 Å². The van der Waals surface area contributed by atoms with E-state index in [9.17, 15) is 9.59 Å². The molecule has 5 nitrogen and oxygen atoms in total. The Kier molecular flexibility index (Phi) is 2.84. The largest absolute Gasteiger partial charge is 0.469 e. The van der Waals surface area contributed by atoms with E-state index in [2.05, 4.69) is 5.32 Å². The summed E-state index contributed by atoms with van der Waals surface area (Å²) in [5, 5.41) is 2.89. The van der Waals surface area contributed by atoms with E-state index < -0.39 is 0 Å². The summed E-state index contributed by atoms with van der Waals surface area (Å²) in [5.41, 5.74) is 0.251. The maximum absolute atomic E-state index is 12.5. The number of carbonyl (C=O) groups excluding carboxylic acids is 2. The van der Waals surface area contributed by atoms with Crippen LogP contribution in [0.4, 0.5) is 0 Å². The molecule has 0 unspecified atom stereocenters. The highest BCUT2D eigenvalue weighted by atomic mass is 16.3. The number of rotatable bonds is 1. The molecule has 0 aliphatic carbocycles. The third kappa shape index (κ3) is 1.93. The van der Waals surface area contributed by atoms with Crippen LogP contribution in [-0.4, -0.2) is 36.3 Å². The predicted octanol–water partition coefficient (Wildman–Crippen LogP) is 1.33. The van der Waals surface area contributed by atoms with Gasteiger partial charge in [0.1, 0.15) is 5.76 Å². The van der Waals surface area contributed by atoms with Crippen LogP contribution in [0.25, 0.3) is 0 Å². The van der Waals surface area contributed by atoms with Crippen LogP contribution in [0.15, 0.2) is 16.7 Å². The van der Waals surface area contributed by atoms with Crippen LogP contribution >= 0.6 is 0 Å². The second-order valence-corrected chi connectivity index (χ2v) is 5.51. The molecule has 3 heterocycles. The lowest BCUT2D eigenvalue weighted by molar-refractivity contribution is -0.129. The van der Waals surface area contributed by atoms with Gasteiger partial charge in [-0.3, -0.25) is 9.59 Å². The number of hydrogen-bond donors (Lipinski definition) is 1. The summed E-state index contributed by atoms with van der Waals surface area (Å²) in [6, 6.07) is 1.70. The highest BCUT2D eigenvalue weighted by Crippen LogP contribution is 2.37. The molecule has 2 aliphatic rings. The molecule has 0 aromatic carbocycles. The van der Waals surface area contributed by atoms with Crippen molar-refractivity contribution in [3.05, 3.63) is 23.7 Å². The molecule has 1 aromatic heterocycles. The van der Waals surface area contributed by atoms with Gasteiger partial charge in [-0.2, -0.15) is 0 Å². The first-order valence-corrected chi connectivity index (χ1v) is 6.74. The van der Waals surface area contributed by atoms with Crippen molar-refractivity contribution in [1.82, 2.24) is 10.2 Å². The van der Waals surface area contributed by atoms with Crippen molar-refractivity contribution < 1.29 is 14.0 Å². The lowest BCUT2D eigenvalue weighted by Crippen LogP contribution is -2.49. The number of nitrogens with zero attached hydrogens (tertiary/aromatic N) is 1. The van der Waals surface area contributed by atoms with Crippen LogP contribution in [-0.2, 0) is 4.79 Å². The Morgan fingerprint density at radius 3 is 2.95 bits per heavy atom. The fourth-order valence-electron chi connectivity index (χ4n) is 3.19. The smallest absolute Gasteiger partial charge is 0.257 e. The Bertz CT molecular complexity index is 523. The lowest BCUT2D eigenvalue weighted by Gasteiger charge is -2.38. The van der Waals surface area contributed by atoms with Crippen LogP contribution < -0.4 is 5.32 Å². The molecule has 19 heavy (non-hydrogen) atoms. The van der Waals surface area contributed by atoms with Crippen molar-refractivity contribution in [3.63, 3.8) is 0 Å². The number of carbonyl (C=O) groups is 2. The Morgan fingerprint density at radius 1 is 1.47 bits per heavy atom. The fourth-order valence-corrected chi connectivity index (χ4v) is 3.19. The van der Waals surface area contributed by atoms with Gasteiger partial charge in [0.2, 0.25) is 5.91 Å². The molecule has 102 valence electrons. The molecule has 2 aliphatic heterocycles. The number of nitrogens with one attached hydrogen (secondary N) is 1. The quantitative estimate of drug-likeness (QED) is 0.830. The molecule has 0 saturated carbocycles. The number of likely N-dealkylation sites (tertiary alicyclic amines) is 1. The molecule has 1 spiro atoms. The zero-order valence-electron chi connectivity index (χ0n) is 11.1. The normalized spacial score (nSPS) is 26.8. The van der Waals surface area contributed by atoms with Crippen LogP contribution in [0.1, 0.15) is 35.4 Å². The first-order valence-electron chi connectivity index (χ1n) is 6.74. The summed E-state index contributed by atoms with van der Waals surface area (Å²) in [5.74, 6) is 0.722. The van der Waals surface area contributed by atoms with Gasteiger partial charge >= 0.3 is 0 Å². The van der Waals surface area contributed by atoms with Gasteiger partial charge in [-0.25, -0.2) is 0 Å². The third-order valence-electron chi connectivity index (χ3n) is 4.32. The van der Waals surface area contributed by atoms with Gasteiger partial charge < -0.3 is 14.6 Å². The van der Waals surface area contributed by atoms with E-state index in [0.717, 1.165) is 32.4 Å². The second kappa shape index (κ2) is 4.40. The van der Waals surface area contributed by atoms with E-state index in [1.807, 2.05) is 0 Å². The van der Waals surface area contributed by atoms with Gasteiger partial charge in [0.05, 0.1) is 17.2 Å². The topological polar surface area (TPSA) is 62.6 Å². The average molecular weight is 262 g/mol. The summed E-state index contributed by atoms with van der Waals surface area (Å²) in [6.07, 6.45) is 4.13. The highest BCUT2D eigenvalue weighted by Gasteiger charge is 2.46. The number of furan rings is 1. The van der Waals surface area contributed by atoms with E-state index in [1.54, 1.807) is 17.9 Å². The van der Waals surface area contributed by atoms with E-state index in [1.165, 1.54) is 6.26 Å². The van der Waals surface area contributed by atoms with Crippen molar-refractivity contribution in [2.45, 2.75) is 26.2 Å². The van der Waals surface area contributed by atoms with E-state index >= 15 is 0 Å². The Balaban J connectivity index is 1.81. The number of hydrogen-bond acceptors (Lipinski definition) is 3. The maximum atomic E-state index is 12.5. The van der Waals surface area contributed by atoms with Gasteiger partial charge in [0.25, 0.3) is 5.91 Å². The van der Waals surface area contributed by atoms with Crippen LogP contribution in [0.2, 0.25) is 0 Å². The van der Waals surface area contributed by atoms with E-state index in [-0.39, 0.29) is 17.2 Å². The van der Waals surface area contributed by atoms with Crippen LogP contribution in [0.3, 0.4) is 0 Å². The number of piperidine rings is 1. The molecule has 0 radical (unpaired) electrons. The molecule has 1 atom stereocenters. The minimum atomic E-state index is -0.356. The van der Waals surface area contributed by atoms with Crippen molar-refractivity contribution in [1.29, 1.82) is 0 Å². The predicted molar refractivity (Wildman–Crippen MR) is 68.6 cm³/mol. The standard InChI is InChI=1S/C14H18N2O3/c1-10-11(3-8-19-10)12(17)16-7-2-4-14(9-16)5-6-15-13(14)18/h3,8H,2,4-7,9H2,1H3,(H,15,18)/t14-/m0/s1. The fraction of sp³-hybridized carbons (Fsp3) is 0.571. The summed E-state index contributed by atoms with van der Waals surface area (Å²) >= 11 is 0. The molecule has 1 N–H and O–H groups in total. The summed E-state index contributed by atoms with van der Waals surface area (Å²) in [6.45, 7) is 3.77. The maximum Gasteiger partial charge on any atom is 0.257 e. The first kappa shape index (κ1) is 12.3. The Hall–Kier alpha value is -1.78. The molecule has 2 amide bonds. The summed E-state index contributed by atoms with van der Waals surface area (Å²) < 4.78 is 5.19. The molecule has 0 bridgehead atoms. The summed E-state index contributed by atoms with van der Waals surface area (Å²) in [4.78, 5) is 26.3. The molecule has 5 heteroatoms. The lowest BCUT2D eigenvalue weighted by atomic mass is 9.78. The SMILES string of the molecule is Cc1occc1C(=O)N1CCC[C@]2(CCNC2=O)C1. The first-order chi connectivity index (χ1) is 9.12. The van der Waals surface area contributed by atoms with Crippen molar-refractivity contribution in [2.24, 2.45) is 5.41 Å². The van der Waals surface area contributed by atoms with E-state index in [4.69, 9.17) is 4.42 Å². The monoisotopic (exact) mass is 262 g/mol. The summed E-state index contributed by atoms with van der Waals surface area (Å²) in [7, 11) is 0. The van der Waals surface area contributed by atoms with Crippen molar-refractivity contribution in [3.8, 4) is 0 Å². The second-order valence-electron chi connectivity index (χ2n) is 5.51. The van der Waals surface area contributed by atoms with Gasteiger partial charge in [-0.1, -0.05) is 0 Å². The number of amides is 2. The minimum absolute atomic E-state index is 0.0231. The molecule has 2 saturated heterocycles. The Morgan fingerprint density at radius 2 is 2.32 bits per heavy atom. The van der Waals surface area contributed by atoms with Crippen molar-refractivity contribution >= 4 is 11.8 Å². The zero-order valence-corrected chi connectivity index (χ0v) is 11.1. The molecule has 3 rings (SSSR count).